The number of carbonyl (C=O) groups is 1. The number of hydrogen-bond acceptors (Lipinski definition) is 4. The molecule has 132 valence electrons. The summed E-state index contributed by atoms with van der Waals surface area (Å²) in [4.78, 5) is 16.5. The van der Waals surface area contributed by atoms with Crippen molar-refractivity contribution in [3.63, 3.8) is 0 Å². The van der Waals surface area contributed by atoms with Gasteiger partial charge in [0.05, 0.1) is 11.1 Å². The van der Waals surface area contributed by atoms with Crippen molar-refractivity contribution in [1.82, 2.24) is 15.6 Å². The minimum Gasteiger partial charge on any atom is -0.348 e. The lowest BCUT2D eigenvalue weighted by atomic mass is 10.1. The number of hydrogen-bond donors (Lipinski definition) is 3. The van der Waals surface area contributed by atoms with E-state index in [0.29, 0.717) is 6.54 Å². The van der Waals surface area contributed by atoms with Gasteiger partial charge < -0.3 is 16.0 Å². The molecule has 3 N–H and O–H groups in total. The van der Waals surface area contributed by atoms with Gasteiger partial charge in [0.1, 0.15) is 5.82 Å². The number of nitrogens with one attached hydrogen (secondary N) is 3. The molecule has 1 fully saturated rings. The number of pyridine rings is 1. The van der Waals surface area contributed by atoms with Crippen molar-refractivity contribution in [2.75, 3.05) is 18.4 Å². The summed E-state index contributed by atoms with van der Waals surface area (Å²) < 4.78 is 38.5. The monoisotopic (exact) mass is 350 g/mol. The van der Waals surface area contributed by atoms with Crippen molar-refractivity contribution in [3.8, 4) is 0 Å². The van der Waals surface area contributed by atoms with E-state index in [1.165, 1.54) is 18.3 Å². The molecule has 3 rings (SSSR count). The lowest BCUT2D eigenvalue weighted by Gasteiger charge is -2.15. The van der Waals surface area contributed by atoms with Crippen LogP contribution in [0.15, 0.2) is 42.6 Å². The van der Waals surface area contributed by atoms with Crippen LogP contribution in [0.3, 0.4) is 0 Å². The standard InChI is InChI=1S/C17H17F3N4O/c18-17(19,20)11-3-1-4-12(9-11)23-15-14(5-2-7-22-15)16(25)24-13-6-8-21-10-13/h1-5,7,9,13,21H,6,8,10H2,(H,22,23)(H,24,25). The predicted octanol–water partition coefficient (Wildman–Crippen LogP) is 2.94. The molecule has 0 saturated carbocycles. The number of nitrogens with zero attached hydrogens (tertiary/aromatic N) is 1. The van der Waals surface area contributed by atoms with Crippen LogP contribution in [0.2, 0.25) is 0 Å². The van der Waals surface area contributed by atoms with Crippen molar-refractivity contribution >= 4 is 17.4 Å². The van der Waals surface area contributed by atoms with Crippen LogP contribution < -0.4 is 16.0 Å². The number of aromatic nitrogens is 1. The molecular weight excluding hydrogens is 333 g/mol. The Morgan fingerprint density at radius 3 is 2.80 bits per heavy atom. The van der Waals surface area contributed by atoms with Gasteiger partial charge in [0.25, 0.3) is 5.91 Å². The highest BCUT2D eigenvalue weighted by Gasteiger charge is 2.30. The van der Waals surface area contributed by atoms with E-state index in [4.69, 9.17) is 0 Å². The lowest BCUT2D eigenvalue weighted by Crippen LogP contribution is -2.36. The van der Waals surface area contributed by atoms with E-state index in [2.05, 4.69) is 20.9 Å². The molecule has 5 nitrogen and oxygen atoms in total. The second-order valence-corrected chi connectivity index (χ2v) is 5.77. The molecule has 1 aliphatic rings. The van der Waals surface area contributed by atoms with Gasteiger partial charge in [-0.2, -0.15) is 13.2 Å². The molecule has 1 atom stereocenters. The summed E-state index contributed by atoms with van der Waals surface area (Å²) in [7, 11) is 0. The average molecular weight is 350 g/mol. The van der Waals surface area contributed by atoms with Crippen molar-refractivity contribution < 1.29 is 18.0 Å². The van der Waals surface area contributed by atoms with Crippen LogP contribution in [-0.2, 0) is 6.18 Å². The molecule has 0 bridgehead atoms. The first-order valence-corrected chi connectivity index (χ1v) is 7.84. The van der Waals surface area contributed by atoms with E-state index in [1.807, 2.05) is 0 Å². The van der Waals surface area contributed by atoms with E-state index >= 15 is 0 Å². The van der Waals surface area contributed by atoms with Crippen molar-refractivity contribution in [2.24, 2.45) is 0 Å². The number of amides is 1. The number of rotatable bonds is 4. The Morgan fingerprint density at radius 1 is 1.24 bits per heavy atom. The summed E-state index contributed by atoms with van der Waals surface area (Å²) in [5.74, 6) is -0.0958. The first-order chi connectivity index (χ1) is 11.9. The predicted molar refractivity (Wildman–Crippen MR) is 87.7 cm³/mol. The Labute approximate surface area is 142 Å². The van der Waals surface area contributed by atoms with E-state index in [1.54, 1.807) is 12.1 Å². The van der Waals surface area contributed by atoms with E-state index in [0.717, 1.165) is 25.1 Å². The first kappa shape index (κ1) is 17.2. The quantitative estimate of drug-likeness (QED) is 0.793. The van der Waals surface area contributed by atoms with Crippen molar-refractivity contribution in [3.05, 3.63) is 53.7 Å². The minimum atomic E-state index is -4.43. The van der Waals surface area contributed by atoms with Gasteiger partial charge in [-0.3, -0.25) is 4.79 Å². The Balaban J connectivity index is 1.80. The molecule has 0 aliphatic carbocycles. The summed E-state index contributed by atoms with van der Waals surface area (Å²) in [5, 5.41) is 8.85. The molecule has 8 heteroatoms. The SMILES string of the molecule is O=C(NC1CCNC1)c1cccnc1Nc1cccc(C(F)(F)F)c1. The highest BCUT2D eigenvalue weighted by molar-refractivity contribution is 5.99. The zero-order valence-electron chi connectivity index (χ0n) is 13.2. The number of alkyl halides is 3. The molecule has 1 saturated heterocycles. The normalized spacial score (nSPS) is 17.3. The summed E-state index contributed by atoms with van der Waals surface area (Å²) in [5.41, 5.74) is -0.270. The van der Waals surface area contributed by atoms with E-state index in [9.17, 15) is 18.0 Å². The lowest BCUT2D eigenvalue weighted by molar-refractivity contribution is -0.137. The van der Waals surface area contributed by atoms with Gasteiger partial charge in [0.2, 0.25) is 0 Å². The van der Waals surface area contributed by atoms with Crippen LogP contribution in [0.1, 0.15) is 22.3 Å². The highest BCUT2D eigenvalue weighted by atomic mass is 19.4. The molecule has 0 spiro atoms. The van der Waals surface area contributed by atoms with E-state index < -0.39 is 11.7 Å². The van der Waals surface area contributed by atoms with Crippen LogP contribution >= 0.6 is 0 Å². The van der Waals surface area contributed by atoms with E-state index in [-0.39, 0.29) is 29.0 Å². The maximum Gasteiger partial charge on any atom is 0.416 e. The summed E-state index contributed by atoms with van der Waals surface area (Å²) in [6.45, 7) is 1.54. The van der Waals surface area contributed by atoms with Gasteiger partial charge in [-0.1, -0.05) is 6.07 Å². The highest BCUT2D eigenvalue weighted by Crippen LogP contribution is 2.31. The Kier molecular flexibility index (Phi) is 4.89. The van der Waals surface area contributed by atoms with Gasteiger partial charge >= 0.3 is 6.18 Å². The van der Waals surface area contributed by atoms with Crippen LogP contribution in [0.25, 0.3) is 0 Å². The number of halogens is 3. The van der Waals surface area contributed by atoms with Gasteiger partial charge in [-0.25, -0.2) is 4.98 Å². The molecule has 2 heterocycles. The zero-order valence-corrected chi connectivity index (χ0v) is 13.2. The molecule has 1 aromatic heterocycles. The molecular formula is C17H17F3N4O. The summed E-state index contributed by atoms with van der Waals surface area (Å²) >= 11 is 0. The maximum atomic E-state index is 12.8. The van der Waals surface area contributed by atoms with Gasteiger partial charge in [0.15, 0.2) is 0 Å². The topological polar surface area (TPSA) is 66.0 Å². The van der Waals surface area contributed by atoms with Crippen LogP contribution in [0.4, 0.5) is 24.7 Å². The van der Waals surface area contributed by atoms with Gasteiger partial charge in [0, 0.05) is 24.5 Å². The largest absolute Gasteiger partial charge is 0.416 e. The molecule has 1 unspecified atom stereocenters. The van der Waals surface area contributed by atoms with Crippen molar-refractivity contribution in [1.29, 1.82) is 0 Å². The average Bonchev–Trinajstić information content (AvgIpc) is 3.08. The minimum absolute atomic E-state index is 0.0362. The second-order valence-electron chi connectivity index (χ2n) is 5.77. The molecule has 0 radical (unpaired) electrons. The zero-order chi connectivity index (χ0) is 17.9. The second kappa shape index (κ2) is 7.10. The summed E-state index contributed by atoms with van der Waals surface area (Å²) in [6.07, 6.45) is -2.12. The van der Waals surface area contributed by atoms with Crippen LogP contribution in [0, 0.1) is 0 Å². The third-order valence-electron chi connectivity index (χ3n) is 3.90. The summed E-state index contributed by atoms with van der Waals surface area (Å²) in [6, 6.07) is 8.00. The Bertz CT molecular complexity index is 758. The third-order valence-corrected chi connectivity index (χ3v) is 3.90. The molecule has 1 aromatic carbocycles. The smallest absolute Gasteiger partial charge is 0.348 e. The van der Waals surface area contributed by atoms with Crippen LogP contribution in [-0.4, -0.2) is 30.0 Å². The first-order valence-electron chi connectivity index (χ1n) is 7.84. The van der Waals surface area contributed by atoms with Crippen LogP contribution in [0.5, 0.6) is 0 Å². The fourth-order valence-electron chi connectivity index (χ4n) is 2.64. The fourth-order valence-corrected chi connectivity index (χ4v) is 2.64. The number of carbonyl (C=O) groups excluding carboxylic acids is 1. The molecule has 1 aliphatic heterocycles. The number of anilines is 2. The molecule has 2 aromatic rings. The Hall–Kier alpha value is -2.61. The third kappa shape index (κ3) is 4.27. The Morgan fingerprint density at radius 2 is 2.08 bits per heavy atom. The number of benzene rings is 1. The van der Waals surface area contributed by atoms with Gasteiger partial charge in [-0.05, 0) is 43.3 Å². The fraction of sp³-hybridized carbons (Fsp3) is 0.294. The maximum absolute atomic E-state index is 12.8. The molecule has 25 heavy (non-hydrogen) atoms. The molecule has 1 amide bonds. The van der Waals surface area contributed by atoms with Crippen molar-refractivity contribution in [2.45, 2.75) is 18.6 Å². The van der Waals surface area contributed by atoms with Gasteiger partial charge in [-0.15, -0.1) is 0 Å².